The van der Waals surface area contributed by atoms with E-state index in [-0.39, 0.29) is 24.1 Å². The van der Waals surface area contributed by atoms with Gasteiger partial charge in [0, 0.05) is 12.1 Å². The van der Waals surface area contributed by atoms with Gasteiger partial charge in [0.05, 0.1) is 13.0 Å². The molecule has 0 saturated heterocycles. The van der Waals surface area contributed by atoms with Crippen LogP contribution in [0.15, 0.2) is 42.5 Å². The maximum Gasteiger partial charge on any atom is 0.308 e. The number of methoxy groups -OCH3 is 1. The molecule has 132 valence electrons. The van der Waals surface area contributed by atoms with Crippen LogP contribution in [0.5, 0.6) is 5.75 Å². The number of carboxylic acid groups (broad SMARTS) is 1. The van der Waals surface area contributed by atoms with Gasteiger partial charge in [-0.1, -0.05) is 24.3 Å². The summed E-state index contributed by atoms with van der Waals surface area (Å²) in [4.78, 5) is 23.7. The summed E-state index contributed by atoms with van der Waals surface area (Å²) < 4.78 is 18.8. The molecule has 2 aromatic carbocycles. The van der Waals surface area contributed by atoms with Crippen molar-refractivity contribution in [2.24, 2.45) is 5.92 Å². The highest BCUT2D eigenvalue weighted by Crippen LogP contribution is 2.21. The van der Waals surface area contributed by atoms with Crippen LogP contribution in [0.1, 0.15) is 21.5 Å². The second kappa shape index (κ2) is 8.28. The molecule has 0 aliphatic heterocycles. The predicted octanol–water partition coefficient (Wildman–Crippen LogP) is 2.82. The van der Waals surface area contributed by atoms with Crippen LogP contribution in [0.3, 0.4) is 0 Å². The van der Waals surface area contributed by atoms with Gasteiger partial charge < -0.3 is 15.2 Å². The van der Waals surface area contributed by atoms with Gasteiger partial charge in [-0.2, -0.15) is 0 Å². The van der Waals surface area contributed by atoms with Crippen LogP contribution in [0.2, 0.25) is 0 Å². The van der Waals surface area contributed by atoms with Gasteiger partial charge in [0.15, 0.2) is 0 Å². The van der Waals surface area contributed by atoms with Crippen molar-refractivity contribution in [2.45, 2.75) is 13.3 Å². The Morgan fingerprint density at radius 2 is 1.92 bits per heavy atom. The molecule has 25 heavy (non-hydrogen) atoms. The SMILES string of the molecule is COc1ccccc1CC(CNC(=O)c1cccc(F)c1C)C(=O)O. The van der Waals surface area contributed by atoms with Crippen molar-refractivity contribution in [2.75, 3.05) is 13.7 Å². The van der Waals surface area contributed by atoms with E-state index in [0.717, 1.165) is 5.56 Å². The van der Waals surface area contributed by atoms with Gasteiger partial charge in [-0.25, -0.2) is 4.39 Å². The van der Waals surface area contributed by atoms with Crippen molar-refractivity contribution in [3.63, 3.8) is 0 Å². The number of carbonyl (C=O) groups is 2. The van der Waals surface area contributed by atoms with E-state index in [1.165, 1.54) is 32.2 Å². The van der Waals surface area contributed by atoms with E-state index in [0.29, 0.717) is 5.75 Å². The van der Waals surface area contributed by atoms with E-state index in [1.54, 1.807) is 24.3 Å². The van der Waals surface area contributed by atoms with Gasteiger partial charge in [-0.05, 0) is 42.7 Å². The van der Waals surface area contributed by atoms with Crippen LogP contribution in [-0.4, -0.2) is 30.6 Å². The Kier molecular flexibility index (Phi) is 6.11. The number of benzene rings is 2. The van der Waals surface area contributed by atoms with Crippen LogP contribution in [0, 0.1) is 18.7 Å². The Balaban J connectivity index is 2.08. The minimum atomic E-state index is -1.03. The monoisotopic (exact) mass is 345 g/mol. The first-order valence-electron chi connectivity index (χ1n) is 7.82. The number of halogens is 1. The van der Waals surface area contributed by atoms with Gasteiger partial charge in [0.2, 0.25) is 0 Å². The third-order valence-corrected chi connectivity index (χ3v) is 4.03. The zero-order valence-corrected chi connectivity index (χ0v) is 14.1. The Morgan fingerprint density at radius 3 is 2.60 bits per heavy atom. The summed E-state index contributed by atoms with van der Waals surface area (Å²) in [6.45, 7) is 1.44. The molecule has 0 aliphatic carbocycles. The lowest BCUT2D eigenvalue weighted by Crippen LogP contribution is -2.34. The summed E-state index contributed by atoms with van der Waals surface area (Å²) in [5.74, 6) is -2.22. The molecule has 2 rings (SSSR count). The number of nitrogens with one attached hydrogen (secondary N) is 1. The summed E-state index contributed by atoms with van der Waals surface area (Å²) in [7, 11) is 1.52. The number of aliphatic carboxylic acids is 1. The largest absolute Gasteiger partial charge is 0.496 e. The highest BCUT2D eigenvalue weighted by molar-refractivity contribution is 5.95. The van der Waals surface area contributed by atoms with Gasteiger partial charge in [0.25, 0.3) is 5.91 Å². The van der Waals surface area contributed by atoms with Crippen LogP contribution < -0.4 is 10.1 Å². The van der Waals surface area contributed by atoms with Gasteiger partial charge in [-0.3, -0.25) is 9.59 Å². The van der Waals surface area contributed by atoms with Crippen molar-refractivity contribution < 1.29 is 23.8 Å². The Hall–Kier alpha value is -2.89. The fourth-order valence-corrected chi connectivity index (χ4v) is 2.55. The maximum atomic E-state index is 13.5. The number of ether oxygens (including phenoxy) is 1. The lowest BCUT2D eigenvalue weighted by molar-refractivity contribution is -0.141. The quantitative estimate of drug-likeness (QED) is 0.809. The van der Waals surface area contributed by atoms with Crippen molar-refractivity contribution in [1.29, 1.82) is 0 Å². The van der Waals surface area contributed by atoms with Crippen molar-refractivity contribution in [3.05, 3.63) is 65.0 Å². The maximum absolute atomic E-state index is 13.5. The number of carboxylic acids is 1. The van der Waals surface area contributed by atoms with Crippen LogP contribution in [0.4, 0.5) is 4.39 Å². The van der Waals surface area contributed by atoms with Crippen molar-refractivity contribution in [3.8, 4) is 5.75 Å². The second-order valence-corrected chi connectivity index (χ2v) is 5.67. The summed E-state index contributed by atoms with van der Waals surface area (Å²) in [6, 6.07) is 11.4. The topological polar surface area (TPSA) is 75.6 Å². The van der Waals surface area contributed by atoms with E-state index in [4.69, 9.17) is 4.74 Å². The molecular weight excluding hydrogens is 325 g/mol. The molecule has 0 heterocycles. The first-order valence-corrected chi connectivity index (χ1v) is 7.82. The normalized spacial score (nSPS) is 11.6. The van der Waals surface area contributed by atoms with Crippen LogP contribution in [-0.2, 0) is 11.2 Å². The lowest BCUT2D eigenvalue weighted by atomic mass is 9.98. The fraction of sp³-hybridized carbons (Fsp3) is 0.263. The number of hydrogen-bond acceptors (Lipinski definition) is 3. The summed E-state index contributed by atoms with van der Waals surface area (Å²) in [5, 5.41) is 12.0. The molecule has 5 nitrogen and oxygen atoms in total. The second-order valence-electron chi connectivity index (χ2n) is 5.67. The van der Waals surface area contributed by atoms with Crippen molar-refractivity contribution in [1.82, 2.24) is 5.32 Å². The fourth-order valence-electron chi connectivity index (χ4n) is 2.55. The third-order valence-electron chi connectivity index (χ3n) is 4.03. The Morgan fingerprint density at radius 1 is 1.20 bits per heavy atom. The highest BCUT2D eigenvalue weighted by Gasteiger charge is 2.21. The number of carbonyl (C=O) groups excluding carboxylic acids is 1. The molecular formula is C19H20FNO4. The van der Waals surface area contributed by atoms with E-state index in [1.807, 2.05) is 0 Å². The number of hydrogen-bond donors (Lipinski definition) is 2. The molecule has 0 radical (unpaired) electrons. The molecule has 0 saturated carbocycles. The Bertz CT molecular complexity index is 776. The van der Waals surface area contributed by atoms with E-state index in [9.17, 15) is 19.1 Å². The Labute approximate surface area is 145 Å². The van der Waals surface area contributed by atoms with Crippen molar-refractivity contribution >= 4 is 11.9 Å². The average Bonchev–Trinajstić information content (AvgIpc) is 2.60. The minimum Gasteiger partial charge on any atom is -0.496 e. The third kappa shape index (κ3) is 4.56. The zero-order valence-electron chi connectivity index (χ0n) is 14.1. The number of rotatable bonds is 7. The molecule has 1 amide bonds. The smallest absolute Gasteiger partial charge is 0.308 e. The molecule has 6 heteroatoms. The van der Waals surface area contributed by atoms with E-state index in [2.05, 4.69) is 5.32 Å². The first kappa shape index (κ1) is 18.4. The molecule has 0 aliphatic rings. The molecule has 2 aromatic rings. The molecule has 1 atom stereocenters. The van der Waals surface area contributed by atoms with E-state index < -0.39 is 23.6 Å². The lowest BCUT2D eigenvalue weighted by Gasteiger charge is -2.16. The summed E-state index contributed by atoms with van der Waals surface area (Å²) in [6.07, 6.45) is 0.210. The molecule has 0 fully saturated rings. The molecule has 0 spiro atoms. The van der Waals surface area contributed by atoms with Crippen LogP contribution >= 0.6 is 0 Å². The van der Waals surface area contributed by atoms with Gasteiger partial charge in [-0.15, -0.1) is 0 Å². The summed E-state index contributed by atoms with van der Waals surface area (Å²) in [5.41, 5.74) is 1.17. The molecule has 1 unspecified atom stereocenters. The molecule has 2 N–H and O–H groups in total. The first-order chi connectivity index (χ1) is 11.9. The van der Waals surface area contributed by atoms with E-state index >= 15 is 0 Å². The zero-order chi connectivity index (χ0) is 18.4. The van der Waals surface area contributed by atoms with Crippen LogP contribution in [0.25, 0.3) is 0 Å². The average molecular weight is 345 g/mol. The highest BCUT2D eigenvalue weighted by atomic mass is 19.1. The number of para-hydroxylation sites is 1. The summed E-state index contributed by atoms with van der Waals surface area (Å²) >= 11 is 0. The minimum absolute atomic E-state index is 0.0673. The molecule has 0 bridgehead atoms. The van der Waals surface area contributed by atoms with Gasteiger partial charge in [0.1, 0.15) is 11.6 Å². The predicted molar refractivity (Wildman–Crippen MR) is 91.3 cm³/mol. The standard InChI is InChI=1S/C19H20FNO4/c1-12-15(7-5-8-16(12)20)18(22)21-11-14(19(23)24)10-13-6-3-4-9-17(13)25-2/h3-9,14H,10-11H2,1-2H3,(H,21,22)(H,23,24). The van der Waals surface area contributed by atoms with Gasteiger partial charge >= 0.3 is 5.97 Å². The molecule has 0 aromatic heterocycles. The number of amides is 1.